The molecule has 0 fully saturated rings. The van der Waals surface area contributed by atoms with Gasteiger partial charge in [-0.05, 0) is 26.0 Å². The van der Waals surface area contributed by atoms with Crippen LogP contribution >= 0.6 is 11.3 Å². The highest BCUT2D eigenvalue weighted by molar-refractivity contribution is 7.11. The molecule has 2 rings (SSSR count). The second kappa shape index (κ2) is 5.44. The molecule has 1 atom stereocenters. The van der Waals surface area contributed by atoms with E-state index in [1.165, 1.54) is 16.9 Å². The molecule has 2 aromatic heterocycles. The van der Waals surface area contributed by atoms with Crippen LogP contribution in [0.2, 0.25) is 0 Å². The highest BCUT2D eigenvalue weighted by Crippen LogP contribution is 2.24. The van der Waals surface area contributed by atoms with Gasteiger partial charge in [0.05, 0.1) is 13.4 Å². The predicted octanol–water partition coefficient (Wildman–Crippen LogP) is 2.43. The van der Waals surface area contributed by atoms with Crippen LogP contribution < -0.4 is 5.73 Å². The number of aromatic nitrogens is 2. The Hall–Kier alpha value is -1.82. The SMILES string of the molecule is COC(=O)c1ncn(C(C)Cc2ccc(C)s2)c1N. The molecule has 0 aliphatic carbocycles. The fourth-order valence-electron chi connectivity index (χ4n) is 1.96. The van der Waals surface area contributed by atoms with E-state index in [0.29, 0.717) is 5.82 Å². The van der Waals surface area contributed by atoms with E-state index in [1.54, 1.807) is 22.2 Å². The maximum absolute atomic E-state index is 11.5. The van der Waals surface area contributed by atoms with Crippen LogP contribution in [-0.2, 0) is 11.2 Å². The standard InChI is InChI=1S/C13H17N3O2S/c1-8(6-10-5-4-9(2)19-10)16-7-15-11(12(16)14)13(17)18-3/h4-5,7-8H,6,14H2,1-3H3. The summed E-state index contributed by atoms with van der Waals surface area (Å²) in [6.45, 7) is 4.13. The van der Waals surface area contributed by atoms with E-state index in [2.05, 4.69) is 28.8 Å². The normalized spacial score (nSPS) is 12.4. The minimum absolute atomic E-state index is 0.143. The van der Waals surface area contributed by atoms with Gasteiger partial charge >= 0.3 is 5.97 Å². The number of imidazole rings is 1. The van der Waals surface area contributed by atoms with Gasteiger partial charge in [0.15, 0.2) is 5.69 Å². The van der Waals surface area contributed by atoms with Crippen molar-refractivity contribution in [3.05, 3.63) is 33.9 Å². The molecule has 5 nitrogen and oxygen atoms in total. The molecule has 0 aliphatic heterocycles. The van der Waals surface area contributed by atoms with E-state index < -0.39 is 5.97 Å². The van der Waals surface area contributed by atoms with E-state index in [9.17, 15) is 4.79 Å². The van der Waals surface area contributed by atoms with Gasteiger partial charge in [0, 0.05) is 22.2 Å². The number of nitrogens with zero attached hydrogens (tertiary/aromatic N) is 2. The van der Waals surface area contributed by atoms with Crippen LogP contribution in [0.3, 0.4) is 0 Å². The number of nitrogens with two attached hydrogens (primary N) is 1. The van der Waals surface area contributed by atoms with Gasteiger partial charge in [-0.1, -0.05) is 0 Å². The molecule has 2 aromatic rings. The summed E-state index contributed by atoms with van der Waals surface area (Å²) in [5, 5.41) is 0. The van der Waals surface area contributed by atoms with Gasteiger partial charge in [-0.3, -0.25) is 0 Å². The smallest absolute Gasteiger partial charge is 0.360 e. The molecule has 0 amide bonds. The average Bonchev–Trinajstić information content (AvgIpc) is 2.95. The molecule has 0 aromatic carbocycles. The number of hydrogen-bond acceptors (Lipinski definition) is 5. The Morgan fingerprint density at radius 2 is 2.32 bits per heavy atom. The Kier molecular flexibility index (Phi) is 3.90. The quantitative estimate of drug-likeness (QED) is 0.873. The third kappa shape index (κ3) is 2.78. The van der Waals surface area contributed by atoms with E-state index in [4.69, 9.17) is 5.73 Å². The van der Waals surface area contributed by atoms with Gasteiger partial charge in [-0.25, -0.2) is 9.78 Å². The van der Waals surface area contributed by atoms with E-state index in [1.807, 2.05) is 6.92 Å². The summed E-state index contributed by atoms with van der Waals surface area (Å²) in [6, 6.07) is 4.36. The zero-order valence-electron chi connectivity index (χ0n) is 11.2. The zero-order valence-corrected chi connectivity index (χ0v) is 12.0. The monoisotopic (exact) mass is 279 g/mol. The van der Waals surface area contributed by atoms with Crippen molar-refractivity contribution in [2.45, 2.75) is 26.3 Å². The summed E-state index contributed by atoms with van der Waals surface area (Å²) < 4.78 is 6.45. The summed E-state index contributed by atoms with van der Waals surface area (Å²) in [6.07, 6.45) is 2.45. The second-order valence-corrected chi connectivity index (χ2v) is 5.82. The van der Waals surface area contributed by atoms with Gasteiger partial charge in [0.1, 0.15) is 5.82 Å². The summed E-state index contributed by atoms with van der Waals surface area (Å²) in [4.78, 5) is 18.1. The highest BCUT2D eigenvalue weighted by atomic mass is 32.1. The van der Waals surface area contributed by atoms with Crippen LogP contribution in [0.5, 0.6) is 0 Å². The summed E-state index contributed by atoms with van der Waals surface area (Å²) >= 11 is 1.77. The Bertz CT molecular complexity index is 588. The number of anilines is 1. The first-order valence-electron chi connectivity index (χ1n) is 5.99. The summed E-state index contributed by atoms with van der Waals surface area (Å²) in [5.74, 6) is -0.150. The van der Waals surface area contributed by atoms with Crippen LogP contribution in [0.4, 0.5) is 5.82 Å². The molecule has 2 N–H and O–H groups in total. The number of carbonyl (C=O) groups is 1. The van der Waals surface area contributed by atoms with Gasteiger partial charge < -0.3 is 15.0 Å². The first-order chi connectivity index (χ1) is 9.02. The molecule has 6 heteroatoms. The molecule has 0 aliphatic rings. The zero-order chi connectivity index (χ0) is 14.0. The Balaban J connectivity index is 2.17. The molecule has 2 heterocycles. The Morgan fingerprint density at radius 1 is 1.58 bits per heavy atom. The lowest BCUT2D eigenvalue weighted by Crippen LogP contribution is -2.12. The lowest BCUT2D eigenvalue weighted by molar-refractivity contribution is 0.0596. The third-order valence-electron chi connectivity index (χ3n) is 2.98. The maximum Gasteiger partial charge on any atom is 0.360 e. The third-order valence-corrected chi connectivity index (χ3v) is 4.00. The van der Waals surface area contributed by atoms with Gasteiger partial charge in [-0.2, -0.15) is 0 Å². The minimum atomic E-state index is -0.504. The number of esters is 1. The molecule has 1 unspecified atom stereocenters. The summed E-state index contributed by atoms with van der Waals surface area (Å²) in [7, 11) is 1.32. The lowest BCUT2D eigenvalue weighted by atomic mass is 10.2. The molecule has 0 saturated heterocycles. The summed E-state index contributed by atoms with van der Waals surface area (Å²) in [5.41, 5.74) is 6.12. The average molecular weight is 279 g/mol. The lowest BCUT2D eigenvalue weighted by Gasteiger charge is -2.13. The first kappa shape index (κ1) is 13.6. The van der Waals surface area contributed by atoms with Crippen LogP contribution in [0.25, 0.3) is 0 Å². The number of thiophene rings is 1. The van der Waals surface area contributed by atoms with E-state index >= 15 is 0 Å². The topological polar surface area (TPSA) is 70.1 Å². The van der Waals surface area contributed by atoms with Crippen LogP contribution in [-0.4, -0.2) is 22.6 Å². The van der Waals surface area contributed by atoms with Gasteiger partial charge in [-0.15, -0.1) is 11.3 Å². The number of aryl methyl sites for hydroxylation is 1. The molecular weight excluding hydrogens is 262 g/mol. The first-order valence-corrected chi connectivity index (χ1v) is 6.80. The number of methoxy groups -OCH3 is 1. The molecular formula is C13H17N3O2S. The minimum Gasteiger partial charge on any atom is -0.464 e. The maximum atomic E-state index is 11.5. The van der Waals surface area contributed by atoms with Crippen molar-refractivity contribution in [2.24, 2.45) is 0 Å². The van der Waals surface area contributed by atoms with Crippen molar-refractivity contribution in [3.8, 4) is 0 Å². The van der Waals surface area contributed by atoms with Crippen molar-refractivity contribution < 1.29 is 9.53 Å². The molecule has 0 spiro atoms. The number of hydrogen-bond donors (Lipinski definition) is 1. The molecule has 0 saturated carbocycles. The molecule has 0 bridgehead atoms. The van der Waals surface area contributed by atoms with Gasteiger partial charge in [0.2, 0.25) is 0 Å². The highest BCUT2D eigenvalue weighted by Gasteiger charge is 2.19. The van der Waals surface area contributed by atoms with E-state index in [0.717, 1.165) is 6.42 Å². The number of carbonyl (C=O) groups excluding carboxylic acids is 1. The van der Waals surface area contributed by atoms with Crippen molar-refractivity contribution >= 4 is 23.1 Å². The second-order valence-electron chi connectivity index (χ2n) is 4.44. The number of nitrogen functional groups attached to an aromatic ring is 1. The fraction of sp³-hybridized carbons (Fsp3) is 0.385. The van der Waals surface area contributed by atoms with Crippen molar-refractivity contribution in [3.63, 3.8) is 0 Å². The largest absolute Gasteiger partial charge is 0.464 e. The molecule has 0 radical (unpaired) electrons. The van der Waals surface area contributed by atoms with E-state index in [-0.39, 0.29) is 11.7 Å². The Morgan fingerprint density at radius 3 is 2.89 bits per heavy atom. The van der Waals surface area contributed by atoms with Crippen molar-refractivity contribution in [1.29, 1.82) is 0 Å². The Labute approximate surface area is 116 Å². The molecule has 102 valence electrons. The van der Waals surface area contributed by atoms with Crippen LogP contribution in [0, 0.1) is 6.92 Å². The van der Waals surface area contributed by atoms with Crippen molar-refractivity contribution in [2.75, 3.05) is 12.8 Å². The predicted molar refractivity (Wildman–Crippen MR) is 75.4 cm³/mol. The van der Waals surface area contributed by atoms with Crippen LogP contribution in [0.1, 0.15) is 33.2 Å². The number of rotatable bonds is 4. The van der Waals surface area contributed by atoms with Crippen molar-refractivity contribution in [1.82, 2.24) is 9.55 Å². The fourth-order valence-corrected chi connectivity index (χ4v) is 2.97. The van der Waals surface area contributed by atoms with Gasteiger partial charge in [0.25, 0.3) is 0 Å². The molecule has 19 heavy (non-hydrogen) atoms. The van der Waals surface area contributed by atoms with Crippen LogP contribution in [0.15, 0.2) is 18.5 Å². The number of ether oxygens (including phenoxy) is 1.